The molecule has 126 valence electrons. The fourth-order valence-corrected chi connectivity index (χ4v) is 3.80. The van der Waals surface area contributed by atoms with Crippen LogP contribution in [0.1, 0.15) is 65.7 Å². The first-order valence-corrected chi connectivity index (χ1v) is 8.50. The average molecular weight is 311 g/mol. The van der Waals surface area contributed by atoms with Gasteiger partial charge >= 0.3 is 12.1 Å². The lowest BCUT2D eigenvalue weighted by Gasteiger charge is -2.41. The van der Waals surface area contributed by atoms with Crippen LogP contribution in [0.15, 0.2) is 0 Å². The van der Waals surface area contributed by atoms with Crippen molar-refractivity contribution in [2.24, 2.45) is 11.8 Å². The highest BCUT2D eigenvalue weighted by atomic mass is 16.6. The largest absolute Gasteiger partial charge is 0.480 e. The second kappa shape index (κ2) is 6.88. The SMILES string of the molecule is CC(C)(C)OC(=O)N1CC[C@@H](C2CCCCC2)C[C@H]1C(=O)O. The molecule has 1 saturated carbocycles. The first kappa shape index (κ1) is 17.1. The third kappa shape index (κ3) is 4.37. The van der Waals surface area contributed by atoms with Gasteiger partial charge in [-0.3, -0.25) is 4.90 Å². The van der Waals surface area contributed by atoms with E-state index in [1.54, 1.807) is 20.8 Å². The van der Waals surface area contributed by atoms with Gasteiger partial charge in [0.2, 0.25) is 0 Å². The fraction of sp³-hybridized carbons (Fsp3) is 0.882. The number of carboxylic acid groups (broad SMARTS) is 1. The van der Waals surface area contributed by atoms with Crippen molar-refractivity contribution >= 4 is 12.1 Å². The van der Waals surface area contributed by atoms with Crippen molar-refractivity contribution in [2.75, 3.05) is 6.54 Å². The minimum absolute atomic E-state index is 0.431. The Balaban J connectivity index is 2.01. The molecule has 2 fully saturated rings. The summed E-state index contributed by atoms with van der Waals surface area (Å²) in [4.78, 5) is 25.3. The molecule has 1 aliphatic carbocycles. The molecule has 0 spiro atoms. The standard InChI is InChI=1S/C17H29NO4/c1-17(2,3)22-16(21)18-10-9-13(11-14(18)15(19)20)12-7-5-4-6-8-12/h12-14H,4-11H2,1-3H3,(H,19,20)/t13-,14+/m1/s1. The van der Waals surface area contributed by atoms with Crippen molar-refractivity contribution in [1.82, 2.24) is 4.90 Å². The third-order valence-electron chi connectivity index (χ3n) is 4.87. The summed E-state index contributed by atoms with van der Waals surface area (Å²) in [5.74, 6) is 0.155. The number of hydrogen-bond donors (Lipinski definition) is 1. The summed E-state index contributed by atoms with van der Waals surface area (Å²) in [6, 6.07) is -0.740. The number of nitrogens with zero attached hydrogens (tertiary/aromatic N) is 1. The molecule has 1 N–H and O–H groups in total. The van der Waals surface area contributed by atoms with Crippen LogP contribution in [0.2, 0.25) is 0 Å². The number of carbonyl (C=O) groups excluding carboxylic acids is 1. The molecule has 22 heavy (non-hydrogen) atoms. The minimum Gasteiger partial charge on any atom is -0.480 e. The van der Waals surface area contributed by atoms with Crippen LogP contribution in [0.3, 0.4) is 0 Å². The van der Waals surface area contributed by atoms with Crippen molar-refractivity contribution in [3.05, 3.63) is 0 Å². The zero-order valence-electron chi connectivity index (χ0n) is 14.0. The van der Waals surface area contributed by atoms with Crippen LogP contribution < -0.4 is 0 Å². The molecular formula is C17H29NO4. The molecule has 1 amide bonds. The lowest BCUT2D eigenvalue weighted by molar-refractivity contribution is -0.145. The van der Waals surface area contributed by atoms with Crippen molar-refractivity contribution in [3.63, 3.8) is 0 Å². The van der Waals surface area contributed by atoms with Gasteiger partial charge in [0.05, 0.1) is 0 Å². The van der Waals surface area contributed by atoms with E-state index < -0.39 is 23.7 Å². The Kier molecular flexibility index (Phi) is 5.35. The van der Waals surface area contributed by atoms with Gasteiger partial charge in [-0.25, -0.2) is 9.59 Å². The second-order valence-corrected chi connectivity index (χ2v) is 7.71. The molecule has 2 atom stereocenters. The fourth-order valence-electron chi connectivity index (χ4n) is 3.80. The molecule has 5 nitrogen and oxygen atoms in total. The van der Waals surface area contributed by atoms with Crippen LogP contribution in [-0.2, 0) is 9.53 Å². The molecule has 0 aromatic carbocycles. The molecular weight excluding hydrogens is 282 g/mol. The van der Waals surface area contributed by atoms with Crippen LogP contribution in [0, 0.1) is 11.8 Å². The molecule has 1 aliphatic heterocycles. The predicted molar refractivity (Wildman–Crippen MR) is 83.7 cm³/mol. The van der Waals surface area contributed by atoms with Gasteiger partial charge < -0.3 is 9.84 Å². The monoisotopic (exact) mass is 311 g/mol. The quantitative estimate of drug-likeness (QED) is 0.845. The van der Waals surface area contributed by atoms with Crippen LogP contribution in [0.5, 0.6) is 0 Å². The third-order valence-corrected chi connectivity index (χ3v) is 4.87. The zero-order chi connectivity index (χ0) is 16.3. The summed E-state index contributed by atoms with van der Waals surface area (Å²) in [6.07, 6.45) is 7.21. The van der Waals surface area contributed by atoms with E-state index in [2.05, 4.69) is 0 Å². The van der Waals surface area contributed by atoms with E-state index in [-0.39, 0.29) is 0 Å². The molecule has 1 saturated heterocycles. The van der Waals surface area contributed by atoms with E-state index in [4.69, 9.17) is 4.74 Å². The maximum atomic E-state index is 12.3. The highest BCUT2D eigenvalue weighted by Gasteiger charge is 2.40. The van der Waals surface area contributed by atoms with Gasteiger partial charge in [0, 0.05) is 6.54 Å². The lowest BCUT2D eigenvalue weighted by atomic mass is 9.74. The first-order chi connectivity index (χ1) is 10.3. The van der Waals surface area contributed by atoms with E-state index in [1.165, 1.54) is 37.0 Å². The van der Waals surface area contributed by atoms with E-state index in [0.717, 1.165) is 6.42 Å². The van der Waals surface area contributed by atoms with E-state index >= 15 is 0 Å². The van der Waals surface area contributed by atoms with Crippen molar-refractivity contribution in [1.29, 1.82) is 0 Å². The highest BCUT2D eigenvalue weighted by Crippen LogP contribution is 2.37. The van der Waals surface area contributed by atoms with Gasteiger partial charge in [-0.2, -0.15) is 0 Å². The molecule has 0 radical (unpaired) electrons. The minimum atomic E-state index is -0.911. The topological polar surface area (TPSA) is 66.8 Å². The molecule has 2 rings (SSSR count). The summed E-state index contributed by atoms with van der Waals surface area (Å²) >= 11 is 0. The number of ether oxygens (including phenoxy) is 1. The first-order valence-electron chi connectivity index (χ1n) is 8.50. The summed E-state index contributed by atoms with van der Waals surface area (Å²) in [5, 5.41) is 9.52. The second-order valence-electron chi connectivity index (χ2n) is 7.71. The zero-order valence-corrected chi connectivity index (χ0v) is 14.0. The molecule has 1 heterocycles. The number of amides is 1. The molecule has 0 aromatic heterocycles. The Labute approximate surface area is 133 Å². The summed E-state index contributed by atoms with van der Waals surface area (Å²) < 4.78 is 5.36. The van der Waals surface area contributed by atoms with Crippen LogP contribution in [0.25, 0.3) is 0 Å². The predicted octanol–water partition coefficient (Wildman–Crippen LogP) is 3.67. The number of hydrogen-bond acceptors (Lipinski definition) is 3. The summed E-state index contributed by atoms with van der Waals surface area (Å²) in [5.41, 5.74) is -0.597. The van der Waals surface area contributed by atoms with Crippen molar-refractivity contribution < 1.29 is 19.4 Å². The smallest absolute Gasteiger partial charge is 0.411 e. The molecule has 0 aromatic rings. The van der Waals surface area contributed by atoms with Crippen molar-refractivity contribution in [2.45, 2.75) is 77.4 Å². The maximum Gasteiger partial charge on any atom is 0.411 e. The van der Waals surface area contributed by atoms with E-state index in [9.17, 15) is 14.7 Å². The Hall–Kier alpha value is -1.26. The van der Waals surface area contributed by atoms with Crippen LogP contribution in [0.4, 0.5) is 4.79 Å². The van der Waals surface area contributed by atoms with Gasteiger partial charge in [0.25, 0.3) is 0 Å². The molecule has 5 heteroatoms. The van der Waals surface area contributed by atoms with Gasteiger partial charge in [-0.1, -0.05) is 32.1 Å². The number of aliphatic carboxylic acids is 1. The number of carboxylic acids is 1. The average Bonchev–Trinajstić information content (AvgIpc) is 2.45. The molecule has 2 aliphatic rings. The van der Waals surface area contributed by atoms with E-state index in [0.29, 0.717) is 24.8 Å². The molecule has 0 bridgehead atoms. The summed E-state index contributed by atoms with van der Waals surface area (Å²) in [7, 11) is 0. The number of carbonyl (C=O) groups is 2. The number of piperidine rings is 1. The highest BCUT2D eigenvalue weighted by molar-refractivity contribution is 5.80. The Morgan fingerprint density at radius 1 is 1.05 bits per heavy atom. The van der Waals surface area contributed by atoms with E-state index in [1.807, 2.05) is 0 Å². The lowest BCUT2D eigenvalue weighted by Crippen LogP contribution is -2.52. The number of likely N-dealkylation sites (tertiary alicyclic amines) is 1. The summed E-state index contributed by atoms with van der Waals surface area (Å²) in [6.45, 7) is 5.90. The number of rotatable bonds is 2. The van der Waals surface area contributed by atoms with Gasteiger partial charge in [-0.15, -0.1) is 0 Å². The Morgan fingerprint density at radius 3 is 2.23 bits per heavy atom. The van der Waals surface area contributed by atoms with Gasteiger partial charge in [0.1, 0.15) is 11.6 Å². The Bertz CT molecular complexity index is 409. The van der Waals surface area contributed by atoms with Gasteiger partial charge in [-0.05, 0) is 45.4 Å². The van der Waals surface area contributed by atoms with Crippen LogP contribution >= 0.6 is 0 Å². The Morgan fingerprint density at radius 2 is 1.68 bits per heavy atom. The van der Waals surface area contributed by atoms with Gasteiger partial charge in [0.15, 0.2) is 0 Å². The van der Waals surface area contributed by atoms with Crippen LogP contribution in [-0.4, -0.2) is 40.3 Å². The molecule has 0 unspecified atom stereocenters. The van der Waals surface area contributed by atoms with Crippen molar-refractivity contribution in [3.8, 4) is 0 Å². The normalized spacial score (nSPS) is 27.5. The maximum absolute atomic E-state index is 12.3.